The molecule has 0 fully saturated rings. The van der Waals surface area contributed by atoms with Gasteiger partial charge in [-0.3, -0.25) is 4.84 Å². The molecule has 5 aromatic carbocycles. The molecule has 29 heteroatoms. The smallest absolute Gasteiger partial charge is 0.269 e. The van der Waals surface area contributed by atoms with Gasteiger partial charge in [0.1, 0.15) is 10.8 Å². The quantitative estimate of drug-likeness (QED) is 0.0672. The summed E-state index contributed by atoms with van der Waals surface area (Å²) in [5, 5.41) is 0. The highest BCUT2D eigenvalue weighted by Crippen LogP contribution is 2.41. The van der Waals surface area contributed by atoms with E-state index in [0.717, 1.165) is 5.52 Å². The molecule has 0 spiro atoms. The summed E-state index contributed by atoms with van der Waals surface area (Å²) in [5.74, 6) is 0.511. The molecule has 6 aromatic rings. The Bertz CT molecular complexity index is 2400. The second-order valence-electron chi connectivity index (χ2n) is 14.8. The molecule has 70 heavy (non-hydrogen) atoms. The highest BCUT2D eigenvalue weighted by molar-refractivity contribution is 7.20. The normalized spacial score (nSPS) is 13.6. The van der Waals surface area contributed by atoms with Gasteiger partial charge in [0, 0.05) is 10.8 Å². The largest absolute Gasteiger partial charge is 0.416 e. The molecule has 0 saturated carbocycles. The van der Waals surface area contributed by atoms with Crippen LogP contribution in [-0.4, -0.2) is 18.6 Å². The number of fused-ring (bicyclic) bond motifs is 1. The standard InChI is InChI=1S/C32H12BF24.C9H9ClNOS/c34-25(35,36)13-1-14(26(37,38)39)6-21(5-13)33(22-7-15(27(40,41)42)2-16(8-22)28(43,44)45,23-9-17(29(46,47)48)3-18(10-23)30(49,50)51)24-11-19(31(52,53)54)4-20(12-24)32(55,56)57;10-5-6-12-11-7-13-9-4-2-1-3-8(9)11/h1-12H;1-4,7H,5-6H2/q-1;+1. The summed E-state index contributed by atoms with van der Waals surface area (Å²) in [5.41, 5.74) is -27.2. The molecule has 6 rings (SSSR count). The molecule has 2 nitrogen and oxygen atoms in total. The molecule has 0 radical (unpaired) electrons. The van der Waals surface area contributed by atoms with Crippen LogP contribution < -0.4 is 31.4 Å². The second-order valence-corrected chi connectivity index (χ2v) is 16.0. The van der Waals surface area contributed by atoms with Crippen molar-refractivity contribution in [3.8, 4) is 0 Å². The van der Waals surface area contributed by atoms with Crippen LogP contribution in [0.3, 0.4) is 0 Å². The monoisotopic (exact) mass is 1080 g/mol. The fraction of sp³-hybridized carbons (Fsp3) is 0.244. The zero-order valence-electron chi connectivity index (χ0n) is 33.5. The molecular weight excluding hydrogens is 1060 g/mol. The Morgan fingerprint density at radius 2 is 0.629 bits per heavy atom. The average molecular weight is 1080 g/mol. The number of halogens is 25. The van der Waals surface area contributed by atoms with Gasteiger partial charge < -0.3 is 0 Å². The average Bonchev–Trinajstić information content (AvgIpc) is 3.63. The fourth-order valence-corrected chi connectivity index (χ4v) is 8.09. The molecule has 0 saturated heterocycles. The minimum Gasteiger partial charge on any atom is -0.269 e. The van der Waals surface area contributed by atoms with Crippen LogP contribution in [0.25, 0.3) is 10.2 Å². The number of aromatic nitrogens is 1. The maximum atomic E-state index is 14.2. The van der Waals surface area contributed by atoms with E-state index < -0.39 is 195 Å². The summed E-state index contributed by atoms with van der Waals surface area (Å²) < 4.78 is 344. The van der Waals surface area contributed by atoms with Crippen molar-refractivity contribution in [2.75, 3.05) is 12.5 Å². The third-order valence-corrected chi connectivity index (χ3v) is 11.2. The first kappa shape index (κ1) is 55.4. The third kappa shape index (κ3) is 12.3. The molecule has 380 valence electrons. The van der Waals surface area contributed by atoms with E-state index in [0.29, 0.717) is 12.5 Å². The number of hydrogen-bond donors (Lipinski definition) is 0. The van der Waals surface area contributed by atoms with Crippen LogP contribution in [0.4, 0.5) is 105 Å². The molecule has 0 aliphatic heterocycles. The lowest BCUT2D eigenvalue weighted by molar-refractivity contribution is -0.867. The minimum absolute atomic E-state index is 0.511. The Morgan fingerprint density at radius 1 is 0.386 bits per heavy atom. The highest BCUT2D eigenvalue weighted by Gasteiger charge is 2.47. The summed E-state index contributed by atoms with van der Waals surface area (Å²) in [7, 11) is 0. The first-order valence-electron chi connectivity index (χ1n) is 18.6. The van der Waals surface area contributed by atoms with E-state index in [1.54, 1.807) is 16.1 Å². The lowest BCUT2D eigenvalue weighted by Crippen LogP contribution is -2.75. The zero-order valence-corrected chi connectivity index (χ0v) is 35.1. The van der Waals surface area contributed by atoms with Crippen molar-refractivity contribution < 1.29 is 115 Å². The maximum Gasteiger partial charge on any atom is 0.416 e. The Labute approximate surface area is 384 Å². The van der Waals surface area contributed by atoms with Crippen LogP contribution in [0.5, 0.6) is 0 Å². The fourth-order valence-electron chi connectivity index (χ4n) is 7.20. The van der Waals surface area contributed by atoms with Crippen molar-refractivity contribution in [1.29, 1.82) is 0 Å². The van der Waals surface area contributed by atoms with Gasteiger partial charge in [0.05, 0.1) is 50.4 Å². The van der Waals surface area contributed by atoms with Gasteiger partial charge >= 0.3 is 49.4 Å². The number of nitrogens with zero attached hydrogens (tertiary/aromatic N) is 1. The Balaban J connectivity index is 0.000000600. The van der Waals surface area contributed by atoms with Crippen molar-refractivity contribution in [2.45, 2.75) is 49.4 Å². The van der Waals surface area contributed by atoms with Crippen LogP contribution in [0.15, 0.2) is 103 Å². The van der Waals surface area contributed by atoms with E-state index in [4.69, 9.17) is 16.4 Å². The molecule has 0 amide bonds. The summed E-state index contributed by atoms with van der Waals surface area (Å²) in [6, 6.07) is -0.698. The van der Waals surface area contributed by atoms with Crippen molar-refractivity contribution >= 4 is 61.2 Å². The summed E-state index contributed by atoms with van der Waals surface area (Å²) >= 11 is 7.19. The summed E-state index contributed by atoms with van der Waals surface area (Å²) in [6.07, 6.45) is -54.8. The number of para-hydroxylation sites is 1. The van der Waals surface area contributed by atoms with E-state index >= 15 is 0 Å². The number of rotatable bonds is 7. The van der Waals surface area contributed by atoms with Gasteiger partial charge in [-0.05, 0) is 30.3 Å². The lowest BCUT2D eigenvalue weighted by Gasteiger charge is -2.46. The first-order chi connectivity index (χ1) is 31.7. The van der Waals surface area contributed by atoms with Gasteiger partial charge in [0.2, 0.25) is 0 Å². The third-order valence-electron chi connectivity index (χ3n) is 10.1. The number of hydrogen-bond acceptors (Lipinski definition) is 2. The number of alkyl halides is 25. The zero-order chi connectivity index (χ0) is 53.0. The van der Waals surface area contributed by atoms with Gasteiger partial charge in [0.15, 0.2) is 6.61 Å². The summed E-state index contributed by atoms with van der Waals surface area (Å²) in [4.78, 5) is 5.40. The molecule has 0 aliphatic carbocycles. The van der Waals surface area contributed by atoms with E-state index in [9.17, 15) is 105 Å². The van der Waals surface area contributed by atoms with Gasteiger partial charge in [-0.2, -0.15) is 127 Å². The molecule has 0 unspecified atom stereocenters. The van der Waals surface area contributed by atoms with Crippen LogP contribution in [0, 0.1) is 0 Å². The van der Waals surface area contributed by atoms with Crippen molar-refractivity contribution in [1.82, 2.24) is 0 Å². The number of thiazole rings is 1. The lowest BCUT2D eigenvalue weighted by atomic mass is 9.12. The topological polar surface area (TPSA) is 13.1 Å². The molecule has 0 bridgehead atoms. The van der Waals surface area contributed by atoms with Crippen LogP contribution in [-0.2, 0) is 49.4 Å². The van der Waals surface area contributed by atoms with E-state index in [1.165, 1.54) is 4.70 Å². The van der Waals surface area contributed by atoms with E-state index in [-0.39, 0.29) is 0 Å². The Hall–Kier alpha value is -5.54. The SMILES string of the molecule is ClCCO[n+]1csc2ccccc21.FC(F)(F)c1cc([B-](c2cc(C(F)(F)F)cc(C(F)(F)F)c2)(c2cc(C(F)(F)F)cc(C(F)(F)F)c2)c2cc(C(F)(F)F)cc(C(F)(F)F)c2)cc(C(F)(F)F)c1. The molecule has 0 atom stereocenters. The molecule has 0 aliphatic rings. The second kappa shape index (κ2) is 18.9. The number of benzene rings is 5. The summed E-state index contributed by atoms with van der Waals surface area (Å²) in [6.45, 7) is 0.535. The minimum atomic E-state index is -6.13. The van der Waals surface area contributed by atoms with Crippen molar-refractivity contribution in [3.05, 3.63) is 147 Å². The molecule has 1 heterocycles. The Morgan fingerprint density at radius 3 is 0.857 bits per heavy atom. The molecule has 0 N–H and O–H groups in total. The maximum absolute atomic E-state index is 14.2. The van der Waals surface area contributed by atoms with Crippen molar-refractivity contribution in [2.24, 2.45) is 0 Å². The van der Waals surface area contributed by atoms with Crippen LogP contribution in [0.2, 0.25) is 0 Å². The molecular formula is C41H21BClF24NOS. The predicted molar refractivity (Wildman–Crippen MR) is 204 cm³/mol. The van der Waals surface area contributed by atoms with Gasteiger partial charge in [-0.25, -0.2) is 0 Å². The Kier molecular flexibility index (Phi) is 15.0. The van der Waals surface area contributed by atoms with Crippen LogP contribution in [0.1, 0.15) is 44.5 Å². The first-order valence-corrected chi connectivity index (χ1v) is 20.0. The van der Waals surface area contributed by atoms with Gasteiger partial charge in [-0.15, -0.1) is 11.6 Å². The van der Waals surface area contributed by atoms with Gasteiger partial charge in [0.25, 0.3) is 11.0 Å². The predicted octanol–water partition coefficient (Wildman–Crippen LogP) is 13.1. The van der Waals surface area contributed by atoms with E-state index in [2.05, 4.69) is 6.07 Å². The van der Waals surface area contributed by atoms with Gasteiger partial charge in [-0.1, -0.05) is 72.0 Å². The van der Waals surface area contributed by atoms with Crippen LogP contribution >= 0.6 is 22.9 Å². The highest BCUT2D eigenvalue weighted by atomic mass is 35.5. The van der Waals surface area contributed by atoms with Crippen molar-refractivity contribution in [3.63, 3.8) is 0 Å². The molecule has 1 aromatic heterocycles. The van der Waals surface area contributed by atoms with E-state index in [1.807, 2.05) is 23.7 Å².